The standard InChI is InChI=1S/C14H17N3OS/c1-16-14-6-3-10(8-17-14)9-19-13-5-4-11(18-2)7-12(13)15/h3-8H,9,15H2,1-2H3,(H,16,17). The van der Waals surface area contributed by atoms with Crippen LogP contribution in [0.25, 0.3) is 0 Å². The molecule has 2 rings (SSSR count). The molecule has 0 fully saturated rings. The summed E-state index contributed by atoms with van der Waals surface area (Å²) < 4.78 is 5.13. The lowest BCUT2D eigenvalue weighted by molar-refractivity contribution is 0.415. The van der Waals surface area contributed by atoms with Crippen molar-refractivity contribution in [2.45, 2.75) is 10.6 Å². The van der Waals surface area contributed by atoms with Crippen LogP contribution in [-0.2, 0) is 5.75 Å². The van der Waals surface area contributed by atoms with E-state index < -0.39 is 0 Å². The Hall–Kier alpha value is -1.88. The molecule has 0 unspecified atom stereocenters. The predicted molar refractivity (Wildman–Crippen MR) is 80.8 cm³/mol. The van der Waals surface area contributed by atoms with E-state index in [4.69, 9.17) is 10.5 Å². The third kappa shape index (κ3) is 3.54. The lowest BCUT2D eigenvalue weighted by Gasteiger charge is -2.08. The molecular weight excluding hydrogens is 258 g/mol. The molecule has 0 saturated carbocycles. The number of pyridine rings is 1. The molecule has 0 spiro atoms. The summed E-state index contributed by atoms with van der Waals surface area (Å²) >= 11 is 1.69. The molecular formula is C14H17N3OS. The molecule has 5 heteroatoms. The number of methoxy groups -OCH3 is 1. The number of anilines is 2. The molecule has 0 saturated heterocycles. The van der Waals surface area contributed by atoms with Crippen molar-refractivity contribution >= 4 is 23.3 Å². The predicted octanol–water partition coefficient (Wildman–Crippen LogP) is 3.01. The molecule has 100 valence electrons. The smallest absolute Gasteiger partial charge is 0.125 e. The number of benzene rings is 1. The quantitative estimate of drug-likeness (QED) is 0.649. The fraction of sp³-hybridized carbons (Fsp3) is 0.214. The van der Waals surface area contributed by atoms with Crippen molar-refractivity contribution < 1.29 is 4.74 Å². The Morgan fingerprint density at radius 2 is 2.16 bits per heavy atom. The first-order chi connectivity index (χ1) is 9.22. The van der Waals surface area contributed by atoms with Crippen LogP contribution in [0.5, 0.6) is 5.75 Å². The lowest BCUT2D eigenvalue weighted by atomic mass is 10.3. The number of aromatic nitrogens is 1. The van der Waals surface area contributed by atoms with Crippen molar-refractivity contribution in [3.8, 4) is 5.75 Å². The van der Waals surface area contributed by atoms with Crippen LogP contribution >= 0.6 is 11.8 Å². The van der Waals surface area contributed by atoms with E-state index in [2.05, 4.69) is 16.4 Å². The maximum absolute atomic E-state index is 5.98. The molecule has 3 N–H and O–H groups in total. The molecule has 2 aromatic rings. The minimum absolute atomic E-state index is 0.740. The van der Waals surface area contributed by atoms with E-state index in [-0.39, 0.29) is 0 Å². The van der Waals surface area contributed by atoms with Crippen LogP contribution in [0.15, 0.2) is 41.4 Å². The number of nitrogens with one attached hydrogen (secondary N) is 1. The van der Waals surface area contributed by atoms with E-state index in [0.717, 1.165) is 27.9 Å². The second-order valence-electron chi connectivity index (χ2n) is 3.99. The van der Waals surface area contributed by atoms with Crippen molar-refractivity contribution in [1.29, 1.82) is 0 Å². The van der Waals surface area contributed by atoms with Gasteiger partial charge in [-0.25, -0.2) is 4.98 Å². The molecule has 1 aromatic heterocycles. The Bertz CT molecular complexity index is 543. The van der Waals surface area contributed by atoms with Gasteiger partial charge in [0.1, 0.15) is 11.6 Å². The number of ether oxygens (including phenoxy) is 1. The summed E-state index contributed by atoms with van der Waals surface area (Å²) in [6, 6.07) is 9.76. The summed E-state index contributed by atoms with van der Waals surface area (Å²) in [5.41, 5.74) is 7.89. The normalized spacial score (nSPS) is 10.2. The molecule has 1 heterocycles. The highest BCUT2D eigenvalue weighted by atomic mass is 32.2. The van der Waals surface area contributed by atoms with E-state index in [9.17, 15) is 0 Å². The Balaban J connectivity index is 2.01. The van der Waals surface area contributed by atoms with Crippen molar-refractivity contribution in [2.24, 2.45) is 0 Å². The van der Waals surface area contributed by atoms with Gasteiger partial charge in [0, 0.05) is 35.6 Å². The number of rotatable bonds is 5. The van der Waals surface area contributed by atoms with Crippen molar-refractivity contribution in [3.63, 3.8) is 0 Å². The number of nitrogens with two attached hydrogens (primary N) is 1. The van der Waals surface area contributed by atoms with E-state index in [1.54, 1.807) is 18.9 Å². The van der Waals surface area contributed by atoms with Gasteiger partial charge in [0.15, 0.2) is 0 Å². The lowest BCUT2D eigenvalue weighted by Crippen LogP contribution is -1.93. The summed E-state index contributed by atoms with van der Waals surface area (Å²) in [6.45, 7) is 0. The van der Waals surface area contributed by atoms with Gasteiger partial charge < -0.3 is 15.8 Å². The van der Waals surface area contributed by atoms with Crippen LogP contribution in [0.3, 0.4) is 0 Å². The van der Waals surface area contributed by atoms with Gasteiger partial charge in [-0.1, -0.05) is 6.07 Å². The summed E-state index contributed by atoms with van der Waals surface area (Å²) in [6.07, 6.45) is 1.87. The van der Waals surface area contributed by atoms with Crippen LogP contribution in [0.2, 0.25) is 0 Å². The van der Waals surface area contributed by atoms with Crippen LogP contribution in [0, 0.1) is 0 Å². The number of thioether (sulfide) groups is 1. The van der Waals surface area contributed by atoms with Crippen LogP contribution in [-0.4, -0.2) is 19.1 Å². The highest BCUT2D eigenvalue weighted by Gasteiger charge is 2.03. The molecule has 19 heavy (non-hydrogen) atoms. The first kappa shape index (κ1) is 13.5. The van der Waals surface area contributed by atoms with Crippen LogP contribution in [0.4, 0.5) is 11.5 Å². The Kier molecular flexibility index (Phi) is 4.52. The molecule has 0 amide bonds. The second kappa shape index (κ2) is 6.33. The van der Waals surface area contributed by atoms with Gasteiger partial charge in [-0.2, -0.15) is 0 Å². The van der Waals surface area contributed by atoms with Crippen molar-refractivity contribution in [3.05, 3.63) is 42.1 Å². The van der Waals surface area contributed by atoms with Crippen LogP contribution in [0.1, 0.15) is 5.56 Å². The average Bonchev–Trinajstić information content (AvgIpc) is 2.46. The van der Waals surface area contributed by atoms with E-state index >= 15 is 0 Å². The van der Waals surface area contributed by atoms with Gasteiger partial charge in [0.05, 0.1) is 7.11 Å². The highest BCUT2D eigenvalue weighted by Crippen LogP contribution is 2.30. The SMILES string of the molecule is CNc1ccc(CSc2ccc(OC)cc2N)cn1. The first-order valence-corrected chi connectivity index (χ1v) is 6.90. The highest BCUT2D eigenvalue weighted by molar-refractivity contribution is 7.98. The van der Waals surface area contributed by atoms with Crippen LogP contribution < -0.4 is 15.8 Å². The van der Waals surface area contributed by atoms with E-state index in [0.29, 0.717) is 0 Å². The van der Waals surface area contributed by atoms with Gasteiger partial charge in [0.2, 0.25) is 0 Å². The first-order valence-electron chi connectivity index (χ1n) is 5.92. The summed E-state index contributed by atoms with van der Waals surface area (Å²) in [5, 5.41) is 3.00. The average molecular weight is 275 g/mol. The third-order valence-electron chi connectivity index (χ3n) is 2.69. The minimum atomic E-state index is 0.740. The van der Waals surface area contributed by atoms with Gasteiger partial charge in [-0.05, 0) is 23.8 Å². The minimum Gasteiger partial charge on any atom is -0.497 e. The Labute approximate surface area is 117 Å². The number of hydrogen-bond acceptors (Lipinski definition) is 5. The largest absolute Gasteiger partial charge is 0.497 e. The Morgan fingerprint density at radius 1 is 1.32 bits per heavy atom. The molecule has 0 aliphatic carbocycles. The fourth-order valence-corrected chi connectivity index (χ4v) is 2.49. The zero-order chi connectivity index (χ0) is 13.7. The van der Waals surface area contributed by atoms with Gasteiger partial charge in [0.25, 0.3) is 0 Å². The van der Waals surface area contributed by atoms with Crippen molar-refractivity contribution in [2.75, 3.05) is 25.2 Å². The van der Waals surface area contributed by atoms with Crippen molar-refractivity contribution in [1.82, 2.24) is 4.98 Å². The maximum atomic E-state index is 5.98. The number of nitrogen functional groups attached to an aromatic ring is 1. The topological polar surface area (TPSA) is 60.2 Å². The second-order valence-corrected chi connectivity index (χ2v) is 5.01. The van der Waals surface area contributed by atoms with E-state index in [1.165, 1.54) is 5.56 Å². The fourth-order valence-electron chi connectivity index (χ4n) is 1.60. The Morgan fingerprint density at radius 3 is 2.74 bits per heavy atom. The van der Waals surface area contributed by atoms with Gasteiger partial charge in [-0.15, -0.1) is 11.8 Å². The maximum Gasteiger partial charge on any atom is 0.125 e. The monoisotopic (exact) mass is 275 g/mol. The van der Waals surface area contributed by atoms with Gasteiger partial charge >= 0.3 is 0 Å². The molecule has 0 bridgehead atoms. The molecule has 0 aliphatic heterocycles. The number of nitrogens with zero attached hydrogens (tertiary/aromatic N) is 1. The van der Waals surface area contributed by atoms with Gasteiger partial charge in [-0.3, -0.25) is 0 Å². The third-order valence-corrected chi connectivity index (χ3v) is 3.85. The summed E-state index contributed by atoms with van der Waals surface area (Å²) in [7, 11) is 3.49. The molecule has 1 aromatic carbocycles. The zero-order valence-corrected chi connectivity index (χ0v) is 11.8. The zero-order valence-electron chi connectivity index (χ0n) is 11.0. The molecule has 0 aliphatic rings. The summed E-state index contributed by atoms with van der Waals surface area (Å²) in [5.74, 6) is 2.49. The number of hydrogen-bond donors (Lipinski definition) is 2. The molecule has 0 radical (unpaired) electrons. The molecule has 0 atom stereocenters. The van der Waals surface area contributed by atoms with E-state index in [1.807, 2.05) is 37.5 Å². The summed E-state index contributed by atoms with van der Waals surface area (Å²) in [4.78, 5) is 5.34. The molecule has 4 nitrogen and oxygen atoms in total.